The Morgan fingerprint density at radius 1 is 2.00 bits per heavy atom. The molecular formula is C2H6N2. The fraction of sp³-hybridized carbons (Fsp3) is 0.500. The lowest BCUT2D eigenvalue weighted by Gasteiger charge is -1.71. The van der Waals surface area contributed by atoms with Crippen LogP contribution >= 0.6 is 0 Å². The molecule has 0 fully saturated rings. The van der Waals surface area contributed by atoms with Crippen molar-refractivity contribution < 1.29 is 0 Å². The highest BCUT2D eigenvalue weighted by molar-refractivity contribution is 5.22. The van der Waals surface area contributed by atoms with Gasteiger partial charge in [0.2, 0.25) is 0 Å². The molecule has 0 unspecified atom stereocenters. The van der Waals surface area contributed by atoms with Gasteiger partial charge >= 0.3 is 0 Å². The summed E-state index contributed by atoms with van der Waals surface area (Å²) >= 11 is 0. The second-order valence-corrected chi connectivity index (χ2v) is 0.382. The molecule has 0 aromatic heterocycles. The SMILES string of the molecule is C=NNC. The van der Waals surface area contributed by atoms with Crippen molar-refractivity contribution in [1.29, 1.82) is 0 Å². The predicted molar refractivity (Wildman–Crippen MR) is 18.6 cm³/mol. The van der Waals surface area contributed by atoms with Crippen LogP contribution in [0.15, 0.2) is 5.10 Å². The van der Waals surface area contributed by atoms with Gasteiger partial charge in [-0.05, 0) is 0 Å². The second-order valence-electron chi connectivity index (χ2n) is 0.382. The van der Waals surface area contributed by atoms with Crippen molar-refractivity contribution in [3.05, 3.63) is 0 Å². The summed E-state index contributed by atoms with van der Waals surface area (Å²) in [5, 5.41) is 3.24. The summed E-state index contributed by atoms with van der Waals surface area (Å²) in [7, 11) is 1.70. The van der Waals surface area contributed by atoms with Gasteiger partial charge in [-0.25, -0.2) is 0 Å². The molecule has 1 N–H and O–H groups in total. The molecule has 0 saturated carbocycles. The maximum absolute atomic E-state index is 3.24. The zero-order valence-corrected chi connectivity index (χ0v) is 2.65. The van der Waals surface area contributed by atoms with E-state index in [0.717, 1.165) is 0 Å². The second kappa shape index (κ2) is 2.47. The van der Waals surface area contributed by atoms with Gasteiger partial charge in [0.25, 0.3) is 0 Å². The molecule has 0 saturated heterocycles. The summed E-state index contributed by atoms with van der Waals surface area (Å²) in [5.41, 5.74) is 2.44. The lowest BCUT2D eigenvalue weighted by molar-refractivity contribution is 0.913. The molecule has 0 aromatic carbocycles. The average Bonchev–Trinajstić information content (AvgIpc) is 1.37. The van der Waals surface area contributed by atoms with Crippen molar-refractivity contribution in [2.75, 3.05) is 7.05 Å². The Kier molecular flexibility index (Phi) is 2.14. The first kappa shape index (κ1) is 3.47. The van der Waals surface area contributed by atoms with Gasteiger partial charge in [0, 0.05) is 13.8 Å². The van der Waals surface area contributed by atoms with Crippen LogP contribution in [0.4, 0.5) is 0 Å². The average molecular weight is 58.1 g/mol. The molecule has 4 heavy (non-hydrogen) atoms. The standard InChI is InChI=1S/C2H6N2/c1-3-4-2/h4H,1H2,2H3. The Hall–Kier alpha value is -0.530. The molecule has 0 aliphatic carbocycles. The van der Waals surface area contributed by atoms with Crippen LogP contribution in [0.3, 0.4) is 0 Å². The lowest BCUT2D eigenvalue weighted by Crippen LogP contribution is -1.88. The van der Waals surface area contributed by atoms with Gasteiger partial charge in [-0.2, -0.15) is 5.10 Å². The first-order chi connectivity index (χ1) is 1.91. The smallest absolute Gasteiger partial charge is 0.0216 e. The summed E-state index contributed by atoms with van der Waals surface area (Å²) in [6, 6.07) is 0. The molecule has 0 aliphatic heterocycles. The highest BCUT2D eigenvalue weighted by Crippen LogP contribution is 1.27. The summed E-state index contributed by atoms with van der Waals surface area (Å²) < 4.78 is 0. The Balaban J connectivity index is 2.30. The first-order valence-corrected chi connectivity index (χ1v) is 1.04. The zero-order valence-electron chi connectivity index (χ0n) is 2.65. The largest absolute Gasteiger partial charge is 0.314 e. The van der Waals surface area contributed by atoms with Crippen LogP contribution < -0.4 is 5.43 Å². The zero-order chi connectivity index (χ0) is 3.41. The Morgan fingerprint density at radius 2 is 2.25 bits per heavy atom. The molecule has 0 bridgehead atoms. The van der Waals surface area contributed by atoms with E-state index < -0.39 is 0 Å². The highest BCUT2D eigenvalue weighted by atomic mass is 15.2. The van der Waals surface area contributed by atoms with E-state index in [1.807, 2.05) is 0 Å². The third-order valence-corrected chi connectivity index (χ3v) is 0.158. The maximum Gasteiger partial charge on any atom is 0.0216 e. The van der Waals surface area contributed by atoms with Crippen molar-refractivity contribution in [3.8, 4) is 0 Å². The number of nitrogens with zero attached hydrogens (tertiary/aromatic N) is 1. The molecule has 0 aromatic rings. The summed E-state index contributed by atoms with van der Waals surface area (Å²) in [4.78, 5) is 0. The Bertz CT molecular complexity index is 18.0. The van der Waals surface area contributed by atoms with Crippen LogP contribution in [0.25, 0.3) is 0 Å². The third-order valence-electron chi connectivity index (χ3n) is 0.158. The molecular weight excluding hydrogens is 52.0 g/mol. The number of hydrazone groups is 1. The molecule has 0 spiro atoms. The number of nitrogens with one attached hydrogen (secondary N) is 1. The van der Waals surface area contributed by atoms with Gasteiger partial charge in [0.1, 0.15) is 0 Å². The van der Waals surface area contributed by atoms with E-state index >= 15 is 0 Å². The van der Waals surface area contributed by atoms with E-state index in [-0.39, 0.29) is 0 Å². The van der Waals surface area contributed by atoms with Gasteiger partial charge in [-0.15, -0.1) is 0 Å². The van der Waals surface area contributed by atoms with E-state index in [9.17, 15) is 0 Å². The molecule has 0 radical (unpaired) electrons. The molecule has 0 aliphatic rings. The minimum absolute atomic E-state index is 1.70. The fourth-order valence-corrected chi connectivity index (χ4v) is 0. The van der Waals surface area contributed by atoms with E-state index in [1.165, 1.54) is 0 Å². The summed E-state index contributed by atoms with van der Waals surface area (Å²) in [6.45, 7) is 3.12. The van der Waals surface area contributed by atoms with Gasteiger partial charge in [-0.1, -0.05) is 0 Å². The van der Waals surface area contributed by atoms with Gasteiger partial charge < -0.3 is 5.43 Å². The molecule has 2 heteroatoms. The lowest BCUT2D eigenvalue weighted by atomic mass is 11.5. The predicted octanol–water partition coefficient (Wildman–Crippen LogP) is -0.179. The van der Waals surface area contributed by atoms with Gasteiger partial charge in [-0.3, -0.25) is 0 Å². The molecule has 2 nitrogen and oxygen atoms in total. The molecule has 0 heterocycles. The minimum Gasteiger partial charge on any atom is -0.314 e. The van der Waals surface area contributed by atoms with Crippen molar-refractivity contribution in [2.45, 2.75) is 0 Å². The molecule has 0 amide bonds. The highest BCUT2D eigenvalue weighted by Gasteiger charge is 1.33. The van der Waals surface area contributed by atoms with Crippen LogP contribution in [0.5, 0.6) is 0 Å². The monoisotopic (exact) mass is 58.1 g/mol. The van der Waals surface area contributed by atoms with Crippen molar-refractivity contribution in [3.63, 3.8) is 0 Å². The van der Waals surface area contributed by atoms with E-state index in [0.29, 0.717) is 0 Å². The van der Waals surface area contributed by atoms with Crippen LogP contribution in [0, 0.1) is 0 Å². The van der Waals surface area contributed by atoms with Crippen LogP contribution in [0.1, 0.15) is 0 Å². The van der Waals surface area contributed by atoms with Crippen LogP contribution in [-0.4, -0.2) is 13.8 Å². The number of hydrogen-bond acceptors (Lipinski definition) is 2. The molecule has 0 atom stereocenters. The summed E-state index contributed by atoms with van der Waals surface area (Å²) in [6.07, 6.45) is 0. The first-order valence-electron chi connectivity index (χ1n) is 1.04. The van der Waals surface area contributed by atoms with Crippen molar-refractivity contribution in [1.82, 2.24) is 5.43 Å². The van der Waals surface area contributed by atoms with Gasteiger partial charge in [0.05, 0.1) is 0 Å². The van der Waals surface area contributed by atoms with Crippen LogP contribution in [0.2, 0.25) is 0 Å². The topological polar surface area (TPSA) is 24.4 Å². The fourth-order valence-electron chi connectivity index (χ4n) is 0. The minimum atomic E-state index is 1.70. The van der Waals surface area contributed by atoms with Gasteiger partial charge in [0.15, 0.2) is 0 Å². The number of hydrogen-bond donors (Lipinski definition) is 1. The normalized spacial score (nSPS) is 5.25. The van der Waals surface area contributed by atoms with E-state index in [1.54, 1.807) is 7.05 Å². The Labute approximate surface area is 25.5 Å². The quantitative estimate of drug-likeness (QED) is 0.328. The number of rotatable bonds is 1. The van der Waals surface area contributed by atoms with Crippen molar-refractivity contribution >= 4 is 6.72 Å². The maximum atomic E-state index is 3.24. The van der Waals surface area contributed by atoms with E-state index in [2.05, 4.69) is 17.2 Å². The Morgan fingerprint density at radius 3 is 2.25 bits per heavy atom. The summed E-state index contributed by atoms with van der Waals surface area (Å²) in [5.74, 6) is 0. The molecule has 0 rings (SSSR count). The van der Waals surface area contributed by atoms with E-state index in [4.69, 9.17) is 0 Å². The van der Waals surface area contributed by atoms with Crippen molar-refractivity contribution in [2.24, 2.45) is 5.10 Å². The van der Waals surface area contributed by atoms with Crippen LogP contribution in [-0.2, 0) is 0 Å². The molecule has 24 valence electrons. The third kappa shape index (κ3) is 1.47.